The molecule has 2 aromatic rings. The van der Waals surface area contributed by atoms with Gasteiger partial charge in [0.15, 0.2) is 0 Å². The Labute approximate surface area is 209 Å². The number of anilines is 2. The Kier molecular flexibility index (Phi) is 7.45. The van der Waals surface area contributed by atoms with Crippen LogP contribution in [0.25, 0.3) is 0 Å². The zero-order chi connectivity index (χ0) is 24.4. The second kappa shape index (κ2) is 10.3. The van der Waals surface area contributed by atoms with E-state index >= 15 is 0 Å². The normalized spacial score (nSPS) is 19.8. The number of benzene rings is 1. The van der Waals surface area contributed by atoms with Crippen LogP contribution in [-0.4, -0.2) is 77.9 Å². The lowest BCUT2D eigenvalue weighted by molar-refractivity contribution is -0.135. The molecule has 34 heavy (non-hydrogen) atoms. The summed E-state index contributed by atoms with van der Waals surface area (Å²) >= 11 is 12.4. The predicted molar refractivity (Wildman–Crippen MR) is 133 cm³/mol. The zero-order valence-electron chi connectivity index (χ0n) is 19.3. The molecule has 2 fully saturated rings. The van der Waals surface area contributed by atoms with Gasteiger partial charge < -0.3 is 25.8 Å². The van der Waals surface area contributed by atoms with E-state index in [9.17, 15) is 9.59 Å². The second-order valence-corrected chi connectivity index (χ2v) is 9.73. The van der Waals surface area contributed by atoms with Crippen LogP contribution in [0.2, 0.25) is 10.0 Å². The van der Waals surface area contributed by atoms with Gasteiger partial charge in [0, 0.05) is 49.0 Å². The number of primary amides is 1. The molecule has 2 aliphatic heterocycles. The average Bonchev–Trinajstić information content (AvgIpc) is 3.24. The van der Waals surface area contributed by atoms with Crippen molar-refractivity contribution in [1.29, 1.82) is 0 Å². The molecule has 0 unspecified atom stereocenters. The molecule has 0 spiro atoms. The molecule has 0 saturated carbocycles. The number of hydrogen-bond acceptors (Lipinski definition) is 7. The van der Waals surface area contributed by atoms with Gasteiger partial charge in [-0.2, -0.15) is 4.98 Å². The van der Waals surface area contributed by atoms with Crippen molar-refractivity contribution < 1.29 is 9.59 Å². The van der Waals surface area contributed by atoms with Gasteiger partial charge in [-0.15, -0.1) is 0 Å². The quantitative estimate of drug-likeness (QED) is 0.620. The number of nitrogens with zero attached hydrogens (tertiary/aromatic N) is 5. The molecule has 11 heteroatoms. The number of aromatic nitrogens is 2. The Morgan fingerprint density at radius 3 is 2.53 bits per heavy atom. The van der Waals surface area contributed by atoms with Crippen LogP contribution in [0.3, 0.4) is 0 Å². The lowest BCUT2D eigenvalue weighted by atomic mass is 10.1. The molecule has 182 valence electrons. The van der Waals surface area contributed by atoms with Gasteiger partial charge >= 0.3 is 0 Å². The van der Waals surface area contributed by atoms with Gasteiger partial charge in [0.1, 0.15) is 5.82 Å². The van der Waals surface area contributed by atoms with E-state index in [0.717, 1.165) is 25.1 Å². The maximum atomic E-state index is 12.8. The molecule has 2 saturated heterocycles. The third kappa shape index (κ3) is 5.37. The number of halogens is 2. The highest BCUT2D eigenvalue weighted by Crippen LogP contribution is 2.29. The minimum absolute atomic E-state index is 0.0830. The van der Waals surface area contributed by atoms with Gasteiger partial charge in [0.2, 0.25) is 11.9 Å². The molecule has 3 N–H and O–H groups in total. The summed E-state index contributed by atoms with van der Waals surface area (Å²) in [6, 6.07) is 4.99. The smallest absolute Gasteiger partial charge is 0.254 e. The second-order valence-electron chi connectivity index (χ2n) is 8.89. The van der Waals surface area contributed by atoms with E-state index in [2.05, 4.69) is 20.2 Å². The molecular weight excluding hydrogens is 477 g/mol. The maximum Gasteiger partial charge on any atom is 0.254 e. The zero-order valence-corrected chi connectivity index (χ0v) is 20.8. The molecule has 2 amide bonds. The van der Waals surface area contributed by atoms with Gasteiger partial charge in [-0.25, -0.2) is 4.98 Å². The number of amides is 2. The molecule has 4 rings (SSSR count). The van der Waals surface area contributed by atoms with E-state index in [1.165, 1.54) is 6.20 Å². The lowest BCUT2D eigenvalue weighted by Gasteiger charge is -2.36. The standard InChI is InChI=1S/C23H29Cl2N7O2/c1-14(17-4-3-16(24)11-19(17)25)28-21-18(20(26)33)12-27-23(29-21)32-9-7-31(8-10-32)22(34)15-5-6-30(2)13-15/h3-4,11-12,14-15H,5-10,13H2,1-2H3,(H2,26,33)(H,27,28,29)/t14-,15+/m1/s1. The summed E-state index contributed by atoms with van der Waals surface area (Å²) in [4.78, 5) is 40.0. The highest BCUT2D eigenvalue weighted by atomic mass is 35.5. The van der Waals surface area contributed by atoms with Crippen LogP contribution in [-0.2, 0) is 4.79 Å². The topological polar surface area (TPSA) is 108 Å². The molecule has 0 radical (unpaired) electrons. The Hall–Kier alpha value is -2.62. The van der Waals surface area contributed by atoms with Crippen LogP contribution < -0.4 is 16.0 Å². The van der Waals surface area contributed by atoms with Crippen molar-refractivity contribution in [3.05, 3.63) is 45.6 Å². The first-order chi connectivity index (χ1) is 16.2. The molecule has 1 aromatic heterocycles. The summed E-state index contributed by atoms with van der Waals surface area (Å²) in [6.07, 6.45) is 2.35. The van der Waals surface area contributed by atoms with Crippen LogP contribution in [0, 0.1) is 5.92 Å². The number of nitrogens with one attached hydrogen (secondary N) is 1. The number of carbonyl (C=O) groups is 2. The minimum atomic E-state index is -0.625. The highest BCUT2D eigenvalue weighted by molar-refractivity contribution is 6.35. The third-order valence-electron chi connectivity index (χ3n) is 6.44. The summed E-state index contributed by atoms with van der Waals surface area (Å²) in [5.74, 6) is 0.503. The van der Waals surface area contributed by atoms with Gasteiger partial charge in [0.25, 0.3) is 5.91 Å². The predicted octanol–water partition coefficient (Wildman–Crippen LogP) is 2.66. The van der Waals surface area contributed by atoms with E-state index in [1.807, 2.05) is 29.8 Å². The molecule has 9 nitrogen and oxygen atoms in total. The van der Waals surface area contributed by atoms with Crippen molar-refractivity contribution in [2.75, 3.05) is 56.5 Å². The van der Waals surface area contributed by atoms with Crippen LogP contribution in [0.4, 0.5) is 11.8 Å². The average molecular weight is 506 g/mol. The summed E-state index contributed by atoms with van der Waals surface area (Å²) in [6.45, 7) is 6.14. The van der Waals surface area contributed by atoms with E-state index in [-0.39, 0.29) is 23.4 Å². The van der Waals surface area contributed by atoms with Crippen molar-refractivity contribution in [3.63, 3.8) is 0 Å². The highest BCUT2D eigenvalue weighted by Gasteiger charge is 2.32. The molecule has 2 aliphatic rings. The first-order valence-corrected chi connectivity index (χ1v) is 12.1. The van der Waals surface area contributed by atoms with Crippen molar-refractivity contribution in [2.45, 2.75) is 19.4 Å². The van der Waals surface area contributed by atoms with Crippen molar-refractivity contribution in [3.8, 4) is 0 Å². The van der Waals surface area contributed by atoms with Crippen molar-refractivity contribution in [2.24, 2.45) is 11.7 Å². The molecule has 3 heterocycles. The minimum Gasteiger partial charge on any atom is -0.365 e. The van der Waals surface area contributed by atoms with Gasteiger partial charge in [-0.05, 0) is 44.6 Å². The first kappa shape index (κ1) is 24.5. The summed E-state index contributed by atoms with van der Waals surface area (Å²) in [5.41, 5.74) is 6.57. The lowest BCUT2D eigenvalue weighted by Crippen LogP contribution is -2.51. The summed E-state index contributed by atoms with van der Waals surface area (Å²) in [7, 11) is 2.05. The maximum absolute atomic E-state index is 12.8. The summed E-state index contributed by atoms with van der Waals surface area (Å²) < 4.78 is 0. The molecule has 2 atom stereocenters. The number of carbonyl (C=O) groups excluding carboxylic acids is 2. The molecule has 0 bridgehead atoms. The van der Waals surface area contributed by atoms with Gasteiger partial charge in [-0.3, -0.25) is 9.59 Å². The van der Waals surface area contributed by atoms with Crippen LogP contribution in [0.15, 0.2) is 24.4 Å². The number of nitrogens with two attached hydrogens (primary N) is 1. The third-order valence-corrected chi connectivity index (χ3v) is 7.00. The van der Waals surface area contributed by atoms with E-state index < -0.39 is 5.91 Å². The molecular formula is C23H29Cl2N7O2. The Morgan fingerprint density at radius 1 is 1.18 bits per heavy atom. The molecule has 0 aliphatic carbocycles. The van der Waals surface area contributed by atoms with E-state index in [0.29, 0.717) is 48.0 Å². The van der Waals surface area contributed by atoms with Crippen LogP contribution >= 0.6 is 23.2 Å². The van der Waals surface area contributed by atoms with E-state index in [1.54, 1.807) is 12.1 Å². The van der Waals surface area contributed by atoms with Crippen LogP contribution in [0.1, 0.15) is 35.3 Å². The van der Waals surface area contributed by atoms with E-state index in [4.69, 9.17) is 28.9 Å². The Balaban J connectivity index is 1.47. The number of piperazine rings is 1. The molecule has 1 aromatic carbocycles. The number of hydrogen-bond donors (Lipinski definition) is 2. The van der Waals surface area contributed by atoms with Crippen LogP contribution in [0.5, 0.6) is 0 Å². The fraction of sp³-hybridized carbons (Fsp3) is 0.478. The van der Waals surface area contributed by atoms with Crippen molar-refractivity contribution >= 4 is 46.8 Å². The van der Waals surface area contributed by atoms with Crippen molar-refractivity contribution in [1.82, 2.24) is 19.8 Å². The number of rotatable bonds is 6. The monoisotopic (exact) mass is 505 g/mol. The fourth-order valence-electron chi connectivity index (χ4n) is 4.47. The Morgan fingerprint density at radius 2 is 1.91 bits per heavy atom. The van der Waals surface area contributed by atoms with Gasteiger partial charge in [0.05, 0.1) is 17.5 Å². The fourth-order valence-corrected chi connectivity index (χ4v) is 5.04. The summed E-state index contributed by atoms with van der Waals surface area (Å²) in [5, 5.41) is 4.29. The first-order valence-electron chi connectivity index (χ1n) is 11.3. The SMILES string of the molecule is C[C@@H](Nc1nc(N2CCN(C(=O)[C@H]3CCN(C)C3)CC2)ncc1C(N)=O)c1ccc(Cl)cc1Cl. The Bertz CT molecular complexity index is 1080. The van der Waals surface area contributed by atoms with Gasteiger partial charge in [-0.1, -0.05) is 29.3 Å². The number of likely N-dealkylation sites (tertiary alicyclic amines) is 1. The largest absolute Gasteiger partial charge is 0.365 e.